The zero-order chi connectivity index (χ0) is 10.8. The molecule has 0 saturated carbocycles. The Morgan fingerprint density at radius 2 is 2.21 bits per heavy atom. The summed E-state index contributed by atoms with van der Waals surface area (Å²) < 4.78 is 5.82. The number of aldehydes is 1. The SMILES string of the molecule is C=C/C=C(C=O)\C(Br)=C\OCCCBr. The molecule has 14 heavy (non-hydrogen) atoms. The average molecular weight is 324 g/mol. The van der Waals surface area contributed by atoms with Crippen molar-refractivity contribution in [2.75, 3.05) is 11.9 Å². The molecule has 0 saturated heterocycles. The maximum absolute atomic E-state index is 10.6. The molecule has 0 aliphatic carbocycles. The molecule has 0 amide bonds. The second-order valence-electron chi connectivity index (χ2n) is 2.35. The van der Waals surface area contributed by atoms with Crippen LogP contribution in [0, 0.1) is 0 Å². The fourth-order valence-corrected chi connectivity index (χ4v) is 1.23. The van der Waals surface area contributed by atoms with E-state index in [4.69, 9.17) is 4.74 Å². The van der Waals surface area contributed by atoms with Gasteiger partial charge in [0.05, 0.1) is 17.4 Å². The largest absolute Gasteiger partial charge is 0.500 e. The average Bonchev–Trinajstić information content (AvgIpc) is 2.20. The van der Waals surface area contributed by atoms with Crippen molar-refractivity contribution >= 4 is 38.1 Å². The van der Waals surface area contributed by atoms with Crippen LogP contribution in [0.5, 0.6) is 0 Å². The summed E-state index contributed by atoms with van der Waals surface area (Å²) in [6.07, 6.45) is 6.36. The first-order valence-electron chi connectivity index (χ1n) is 4.07. The number of rotatable bonds is 7. The van der Waals surface area contributed by atoms with Crippen molar-refractivity contribution in [3.8, 4) is 0 Å². The Balaban J connectivity index is 4.13. The maximum atomic E-state index is 10.6. The van der Waals surface area contributed by atoms with Gasteiger partial charge in [-0.1, -0.05) is 34.7 Å². The highest BCUT2D eigenvalue weighted by molar-refractivity contribution is 9.12. The highest BCUT2D eigenvalue weighted by atomic mass is 79.9. The molecule has 78 valence electrons. The van der Waals surface area contributed by atoms with Crippen molar-refractivity contribution in [2.45, 2.75) is 6.42 Å². The molecule has 0 aromatic rings. The van der Waals surface area contributed by atoms with E-state index in [1.54, 1.807) is 12.2 Å². The first-order chi connectivity index (χ1) is 6.76. The molecule has 0 aliphatic heterocycles. The quantitative estimate of drug-likeness (QED) is 0.179. The minimum Gasteiger partial charge on any atom is -0.500 e. The van der Waals surface area contributed by atoms with Crippen LogP contribution in [0.3, 0.4) is 0 Å². The lowest BCUT2D eigenvalue weighted by molar-refractivity contribution is -0.104. The second kappa shape index (κ2) is 9.21. The van der Waals surface area contributed by atoms with Crippen LogP contribution in [0.2, 0.25) is 0 Å². The number of alkyl halides is 1. The Bertz CT molecular complexity index is 245. The van der Waals surface area contributed by atoms with Crippen molar-refractivity contribution in [2.24, 2.45) is 0 Å². The number of carbonyl (C=O) groups is 1. The van der Waals surface area contributed by atoms with Crippen LogP contribution in [0.4, 0.5) is 0 Å². The van der Waals surface area contributed by atoms with E-state index in [-0.39, 0.29) is 0 Å². The molecule has 0 spiro atoms. The van der Waals surface area contributed by atoms with Crippen LogP contribution in [0.1, 0.15) is 6.42 Å². The molecule has 0 heterocycles. The van der Waals surface area contributed by atoms with Gasteiger partial charge in [0.2, 0.25) is 0 Å². The zero-order valence-corrected chi connectivity index (χ0v) is 10.9. The minimum absolute atomic E-state index is 0.513. The van der Waals surface area contributed by atoms with Crippen LogP contribution in [0.15, 0.2) is 35.0 Å². The van der Waals surface area contributed by atoms with Gasteiger partial charge < -0.3 is 4.74 Å². The van der Waals surface area contributed by atoms with Gasteiger partial charge in [0.25, 0.3) is 0 Å². The van der Waals surface area contributed by atoms with Gasteiger partial charge in [-0.05, 0) is 22.4 Å². The standard InChI is InChI=1S/C10H12Br2O2/c1-2-4-9(7-13)10(12)8-14-6-3-5-11/h2,4,7-8H,1,3,5-6H2/b9-4-,10-8-. The van der Waals surface area contributed by atoms with Crippen molar-refractivity contribution in [1.29, 1.82) is 0 Å². The minimum atomic E-state index is 0.513. The van der Waals surface area contributed by atoms with E-state index in [1.807, 2.05) is 0 Å². The van der Waals surface area contributed by atoms with E-state index < -0.39 is 0 Å². The molecule has 0 aromatic carbocycles. The predicted octanol–water partition coefficient (Wildman–Crippen LogP) is 3.34. The fraction of sp³-hybridized carbons (Fsp3) is 0.300. The lowest BCUT2D eigenvalue weighted by atomic mass is 10.3. The first kappa shape index (κ1) is 13.7. The molecule has 2 nitrogen and oxygen atoms in total. The summed E-state index contributed by atoms with van der Waals surface area (Å²) in [5.74, 6) is 0. The van der Waals surface area contributed by atoms with Gasteiger partial charge in [-0.25, -0.2) is 0 Å². The summed E-state index contributed by atoms with van der Waals surface area (Å²) in [6, 6.07) is 0. The Morgan fingerprint density at radius 3 is 2.71 bits per heavy atom. The summed E-state index contributed by atoms with van der Waals surface area (Å²) in [5.41, 5.74) is 0.513. The maximum Gasteiger partial charge on any atom is 0.151 e. The molecule has 0 aliphatic rings. The highest BCUT2D eigenvalue weighted by Gasteiger charge is 1.98. The first-order valence-corrected chi connectivity index (χ1v) is 5.99. The van der Waals surface area contributed by atoms with Gasteiger partial charge in [-0.2, -0.15) is 0 Å². The molecule has 4 heteroatoms. The predicted molar refractivity (Wildman–Crippen MR) is 65.7 cm³/mol. The molecular weight excluding hydrogens is 312 g/mol. The normalized spacial score (nSPS) is 12.4. The topological polar surface area (TPSA) is 26.3 Å². The van der Waals surface area contributed by atoms with Crippen molar-refractivity contribution in [3.63, 3.8) is 0 Å². The van der Waals surface area contributed by atoms with E-state index in [0.717, 1.165) is 18.0 Å². The molecule has 0 rings (SSSR count). The van der Waals surface area contributed by atoms with E-state index in [0.29, 0.717) is 16.7 Å². The molecular formula is C10H12Br2O2. The number of halogens is 2. The van der Waals surface area contributed by atoms with Gasteiger partial charge >= 0.3 is 0 Å². The van der Waals surface area contributed by atoms with E-state index in [2.05, 4.69) is 38.4 Å². The Kier molecular flexibility index (Phi) is 8.98. The van der Waals surface area contributed by atoms with Crippen LogP contribution < -0.4 is 0 Å². The smallest absolute Gasteiger partial charge is 0.151 e. The number of hydrogen-bond acceptors (Lipinski definition) is 2. The van der Waals surface area contributed by atoms with Crippen LogP contribution in [-0.4, -0.2) is 18.2 Å². The second-order valence-corrected chi connectivity index (χ2v) is 4.00. The highest BCUT2D eigenvalue weighted by Crippen LogP contribution is 2.15. The van der Waals surface area contributed by atoms with E-state index in [9.17, 15) is 4.79 Å². The molecule has 0 bridgehead atoms. The molecule has 0 unspecified atom stereocenters. The van der Waals surface area contributed by atoms with Crippen LogP contribution in [0.25, 0.3) is 0 Å². The third-order valence-electron chi connectivity index (χ3n) is 1.28. The molecule has 0 fully saturated rings. The van der Waals surface area contributed by atoms with E-state index in [1.165, 1.54) is 6.26 Å². The molecule has 0 N–H and O–H groups in total. The number of hydrogen-bond donors (Lipinski definition) is 0. The summed E-state index contributed by atoms with van der Waals surface area (Å²) in [7, 11) is 0. The summed E-state index contributed by atoms with van der Waals surface area (Å²) in [6.45, 7) is 4.14. The van der Waals surface area contributed by atoms with E-state index >= 15 is 0 Å². The lowest BCUT2D eigenvalue weighted by Crippen LogP contribution is -1.90. The Labute approximate surface area is 101 Å². The number of allylic oxidation sites excluding steroid dienone is 4. The van der Waals surface area contributed by atoms with Gasteiger partial charge in [0, 0.05) is 10.9 Å². The van der Waals surface area contributed by atoms with Crippen LogP contribution >= 0.6 is 31.9 Å². The summed E-state index contributed by atoms with van der Waals surface area (Å²) in [4.78, 5) is 10.6. The van der Waals surface area contributed by atoms with Crippen molar-refractivity contribution in [1.82, 2.24) is 0 Å². The lowest BCUT2D eigenvalue weighted by Gasteiger charge is -2.00. The summed E-state index contributed by atoms with van der Waals surface area (Å²) >= 11 is 6.53. The van der Waals surface area contributed by atoms with Gasteiger partial charge in [-0.3, -0.25) is 4.79 Å². The number of ether oxygens (including phenoxy) is 1. The summed E-state index contributed by atoms with van der Waals surface area (Å²) in [5, 5.41) is 0.904. The Hall–Kier alpha value is -0.350. The van der Waals surface area contributed by atoms with Crippen molar-refractivity contribution in [3.05, 3.63) is 35.0 Å². The molecule has 0 aromatic heterocycles. The van der Waals surface area contributed by atoms with Gasteiger partial charge in [0.15, 0.2) is 6.29 Å². The molecule has 0 radical (unpaired) electrons. The van der Waals surface area contributed by atoms with Gasteiger partial charge in [0.1, 0.15) is 0 Å². The van der Waals surface area contributed by atoms with Crippen LogP contribution in [-0.2, 0) is 9.53 Å². The number of carbonyl (C=O) groups excluding carboxylic acids is 1. The van der Waals surface area contributed by atoms with Gasteiger partial charge in [-0.15, -0.1) is 0 Å². The Morgan fingerprint density at radius 1 is 1.50 bits per heavy atom. The third kappa shape index (κ3) is 6.16. The monoisotopic (exact) mass is 322 g/mol. The fourth-order valence-electron chi connectivity index (χ4n) is 0.640. The molecule has 0 atom stereocenters. The van der Waals surface area contributed by atoms with Crippen molar-refractivity contribution < 1.29 is 9.53 Å². The zero-order valence-electron chi connectivity index (χ0n) is 7.71. The third-order valence-corrected chi connectivity index (χ3v) is 2.49.